The van der Waals surface area contributed by atoms with Crippen LogP contribution in [0.5, 0.6) is 0 Å². The molecule has 1 aromatic carbocycles. The predicted molar refractivity (Wildman–Crippen MR) is 100 cm³/mol. The number of halogens is 2. The zero-order valence-electron chi connectivity index (χ0n) is 14.4. The van der Waals surface area contributed by atoms with E-state index in [-0.39, 0.29) is 36.3 Å². The molecule has 134 valence electrons. The Morgan fingerprint density at radius 2 is 1.96 bits per heavy atom. The smallest absolute Gasteiger partial charge is 0.208 e. The lowest BCUT2D eigenvalue weighted by molar-refractivity contribution is 0.0420. The molecular weight excluding hydrogens is 347 g/mol. The lowest BCUT2D eigenvalue weighted by Crippen LogP contribution is -2.27. The van der Waals surface area contributed by atoms with Gasteiger partial charge in [0.25, 0.3) is 0 Å². The van der Waals surface area contributed by atoms with E-state index in [1.165, 1.54) is 11.1 Å². The van der Waals surface area contributed by atoms with Crippen LogP contribution in [0.3, 0.4) is 0 Å². The van der Waals surface area contributed by atoms with Crippen LogP contribution in [0.25, 0.3) is 0 Å². The van der Waals surface area contributed by atoms with Crippen LogP contribution in [-0.4, -0.2) is 18.1 Å². The van der Waals surface area contributed by atoms with Gasteiger partial charge in [-0.1, -0.05) is 45.0 Å². The molecule has 1 atom stereocenters. The number of rotatable bonds is 4. The molecule has 0 aliphatic carbocycles. The van der Waals surface area contributed by atoms with Gasteiger partial charge in [0.1, 0.15) is 6.26 Å². The summed E-state index contributed by atoms with van der Waals surface area (Å²) in [6.07, 6.45) is 2.87. The lowest BCUT2D eigenvalue weighted by Gasteiger charge is -2.26. The highest BCUT2D eigenvalue weighted by molar-refractivity contribution is 5.85. The lowest BCUT2D eigenvalue weighted by atomic mass is 9.93. The molecule has 24 heavy (non-hydrogen) atoms. The Balaban J connectivity index is 0.00000144. The Labute approximate surface area is 156 Å². The van der Waals surface area contributed by atoms with Crippen molar-refractivity contribution in [2.45, 2.75) is 45.3 Å². The van der Waals surface area contributed by atoms with Crippen LogP contribution in [-0.2, 0) is 23.1 Å². The third kappa shape index (κ3) is 4.96. The number of benzene rings is 1. The highest BCUT2D eigenvalue weighted by Gasteiger charge is 2.21. The van der Waals surface area contributed by atoms with E-state index >= 15 is 0 Å². The summed E-state index contributed by atoms with van der Waals surface area (Å²) in [6, 6.07) is 8.51. The van der Waals surface area contributed by atoms with Gasteiger partial charge in [-0.05, 0) is 17.5 Å². The minimum absolute atomic E-state index is 0. The second-order valence-electron chi connectivity index (χ2n) is 6.82. The molecule has 0 saturated heterocycles. The highest BCUT2D eigenvalue weighted by atomic mass is 35.5. The zero-order chi connectivity index (χ0) is 15.6. The fourth-order valence-corrected chi connectivity index (χ4v) is 2.69. The molecule has 4 nitrogen and oxygen atoms in total. The predicted octanol–water partition coefficient (Wildman–Crippen LogP) is 4.22. The number of hydrogen-bond acceptors (Lipinski definition) is 4. The molecule has 3 rings (SSSR count). The van der Waals surface area contributed by atoms with Gasteiger partial charge in [-0.3, -0.25) is 0 Å². The third-order valence-electron chi connectivity index (χ3n) is 4.02. The number of ether oxygens (including phenoxy) is 1. The Bertz CT molecular complexity index is 638. The van der Waals surface area contributed by atoms with Crippen molar-refractivity contribution in [1.29, 1.82) is 0 Å². The molecule has 0 bridgehead atoms. The molecule has 2 heterocycles. The van der Waals surface area contributed by atoms with Gasteiger partial charge in [0, 0.05) is 12.0 Å². The largest absolute Gasteiger partial charge is 0.447 e. The summed E-state index contributed by atoms with van der Waals surface area (Å²) in [5.41, 5.74) is 3.70. The van der Waals surface area contributed by atoms with E-state index < -0.39 is 0 Å². The van der Waals surface area contributed by atoms with Crippen molar-refractivity contribution in [1.82, 2.24) is 10.3 Å². The molecule has 0 spiro atoms. The molecule has 1 unspecified atom stereocenters. The van der Waals surface area contributed by atoms with Crippen LogP contribution >= 0.6 is 24.8 Å². The average Bonchev–Trinajstić information content (AvgIpc) is 2.97. The number of aromatic nitrogens is 1. The molecule has 1 aliphatic rings. The van der Waals surface area contributed by atoms with Crippen LogP contribution in [0.1, 0.15) is 49.6 Å². The molecule has 0 amide bonds. The SMILES string of the molecule is CC(C)(C)c1coc(CNCC2OCCc3ccccc32)n1.Cl.Cl. The van der Waals surface area contributed by atoms with Gasteiger partial charge >= 0.3 is 0 Å². The van der Waals surface area contributed by atoms with Crippen molar-refractivity contribution >= 4 is 24.8 Å². The zero-order valence-corrected chi connectivity index (χ0v) is 16.0. The van der Waals surface area contributed by atoms with Crippen LogP contribution in [0.15, 0.2) is 34.9 Å². The molecular formula is C18H26Cl2N2O2. The van der Waals surface area contributed by atoms with Gasteiger partial charge in [-0.15, -0.1) is 24.8 Å². The summed E-state index contributed by atoms with van der Waals surface area (Å²) in [7, 11) is 0. The van der Waals surface area contributed by atoms with Crippen molar-refractivity contribution in [2.75, 3.05) is 13.2 Å². The second kappa shape index (κ2) is 8.86. The summed E-state index contributed by atoms with van der Waals surface area (Å²) in [5.74, 6) is 0.731. The standard InChI is InChI=1S/C18H24N2O2.2ClH/c1-18(2,3)16-12-22-17(20-16)11-19-10-15-14-7-5-4-6-13(14)8-9-21-15;;/h4-7,12,15,19H,8-11H2,1-3H3;2*1H. The van der Waals surface area contributed by atoms with Crippen LogP contribution in [0.2, 0.25) is 0 Å². The number of oxazole rings is 1. The second-order valence-corrected chi connectivity index (χ2v) is 6.82. The molecule has 1 N–H and O–H groups in total. The number of fused-ring (bicyclic) bond motifs is 1. The Hall–Kier alpha value is -1.07. The molecule has 0 saturated carbocycles. The van der Waals surface area contributed by atoms with Crippen LogP contribution < -0.4 is 5.32 Å². The highest BCUT2D eigenvalue weighted by Crippen LogP contribution is 2.26. The fourth-order valence-electron chi connectivity index (χ4n) is 2.69. The number of nitrogens with zero attached hydrogens (tertiary/aromatic N) is 1. The summed E-state index contributed by atoms with van der Waals surface area (Å²) in [4.78, 5) is 4.54. The summed E-state index contributed by atoms with van der Waals surface area (Å²) in [6.45, 7) is 8.58. The topological polar surface area (TPSA) is 47.3 Å². The van der Waals surface area contributed by atoms with Crippen molar-refractivity contribution in [2.24, 2.45) is 0 Å². The molecule has 0 radical (unpaired) electrons. The van der Waals surface area contributed by atoms with E-state index in [0.717, 1.165) is 31.2 Å². The molecule has 2 aromatic rings. The first-order valence-electron chi connectivity index (χ1n) is 7.89. The van der Waals surface area contributed by atoms with E-state index in [1.807, 2.05) is 0 Å². The summed E-state index contributed by atoms with van der Waals surface area (Å²) < 4.78 is 11.4. The van der Waals surface area contributed by atoms with E-state index in [1.54, 1.807) is 6.26 Å². The Morgan fingerprint density at radius 3 is 2.67 bits per heavy atom. The maximum atomic E-state index is 5.89. The maximum absolute atomic E-state index is 5.89. The van der Waals surface area contributed by atoms with Crippen molar-refractivity contribution in [3.63, 3.8) is 0 Å². The number of hydrogen-bond donors (Lipinski definition) is 1. The molecule has 6 heteroatoms. The monoisotopic (exact) mass is 372 g/mol. The van der Waals surface area contributed by atoms with Gasteiger partial charge in [0.05, 0.1) is 24.9 Å². The van der Waals surface area contributed by atoms with Crippen LogP contribution in [0, 0.1) is 0 Å². The van der Waals surface area contributed by atoms with Gasteiger partial charge in [-0.25, -0.2) is 4.98 Å². The van der Waals surface area contributed by atoms with E-state index in [0.29, 0.717) is 6.54 Å². The van der Waals surface area contributed by atoms with Gasteiger partial charge in [0.15, 0.2) is 0 Å². The van der Waals surface area contributed by atoms with Crippen molar-refractivity contribution < 1.29 is 9.15 Å². The van der Waals surface area contributed by atoms with E-state index in [9.17, 15) is 0 Å². The van der Waals surface area contributed by atoms with E-state index in [4.69, 9.17) is 9.15 Å². The minimum atomic E-state index is 0. The summed E-state index contributed by atoms with van der Waals surface area (Å²) >= 11 is 0. The van der Waals surface area contributed by atoms with Gasteiger partial charge in [-0.2, -0.15) is 0 Å². The van der Waals surface area contributed by atoms with Gasteiger partial charge < -0.3 is 14.5 Å². The first-order valence-corrected chi connectivity index (χ1v) is 7.89. The quantitative estimate of drug-likeness (QED) is 0.872. The third-order valence-corrected chi connectivity index (χ3v) is 4.02. The van der Waals surface area contributed by atoms with Crippen molar-refractivity contribution in [3.05, 3.63) is 53.2 Å². The Morgan fingerprint density at radius 1 is 1.21 bits per heavy atom. The van der Waals surface area contributed by atoms with Crippen LogP contribution in [0.4, 0.5) is 0 Å². The first-order chi connectivity index (χ1) is 10.5. The fraction of sp³-hybridized carbons (Fsp3) is 0.500. The van der Waals surface area contributed by atoms with Gasteiger partial charge in [0.2, 0.25) is 5.89 Å². The molecule has 1 aromatic heterocycles. The molecule has 0 fully saturated rings. The minimum Gasteiger partial charge on any atom is -0.447 e. The molecule has 1 aliphatic heterocycles. The van der Waals surface area contributed by atoms with E-state index in [2.05, 4.69) is 55.3 Å². The Kier molecular flexibility index (Phi) is 7.74. The average molecular weight is 373 g/mol. The number of nitrogens with one attached hydrogen (secondary N) is 1. The normalized spacial score (nSPS) is 16.7. The summed E-state index contributed by atoms with van der Waals surface area (Å²) in [5, 5.41) is 3.40. The maximum Gasteiger partial charge on any atom is 0.208 e. The van der Waals surface area contributed by atoms with Crippen molar-refractivity contribution in [3.8, 4) is 0 Å². The first kappa shape index (κ1) is 21.0.